The zero-order chi connectivity index (χ0) is 31.8. The van der Waals surface area contributed by atoms with Crippen molar-refractivity contribution in [3.05, 3.63) is 148 Å². The maximum Gasteiger partial charge on any atom is 0.508 e. The first-order valence-corrected chi connectivity index (χ1v) is 15.7. The van der Waals surface area contributed by atoms with Crippen LogP contribution in [0, 0.1) is 0 Å². The molecule has 5 rings (SSSR count). The van der Waals surface area contributed by atoms with Gasteiger partial charge in [-0.25, -0.2) is 4.79 Å². The van der Waals surface area contributed by atoms with Gasteiger partial charge in [-0.15, -0.1) is 0 Å². The average molecular weight is 642 g/mol. The first-order chi connectivity index (χ1) is 22.7. The summed E-state index contributed by atoms with van der Waals surface area (Å²) in [4.78, 5) is 15.9. The molecule has 0 N–H and O–H groups in total. The van der Waals surface area contributed by atoms with Crippen molar-refractivity contribution in [2.24, 2.45) is 5.11 Å². The molecule has 46 heavy (non-hydrogen) atoms. The number of ether oxygens (including phenoxy) is 6. The van der Waals surface area contributed by atoms with E-state index in [-0.39, 0.29) is 13.2 Å². The number of benzene rings is 4. The van der Waals surface area contributed by atoms with Crippen LogP contribution in [0.15, 0.2) is 131 Å². The second-order valence-electron chi connectivity index (χ2n) is 10.3. The number of carbonyl (C=O) groups is 1. The highest BCUT2D eigenvalue weighted by Crippen LogP contribution is 2.38. The van der Waals surface area contributed by atoms with Crippen molar-refractivity contribution in [1.82, 2.24) is 0 Å². The van der Waals surface area contributed by atoms with E-state index in [1.165, 1.54) is 11.8 Å². The molecule has 1 heterocycles. The van der Waals surface area contributed by atoms with Crippen molar-refractivity contribution < 1.29 is 33.2 Å². The van der Waals surface area contributed by atoms with Crippen LogP contribution in [-0.4, -0.2) is 49.3 Å². The number of azide groups is 1. The molecule has 4 aromatic carbocycles. The van der Waals surface area contributed by atoms with Gasteiger partial charge in [0.25, 0.3) is 0 Å². The normalized spacial score (nSPS) is 20.7. The molecule has 1 fully saturated rings. The number of hydrogen-bond donors (Lipinski definition) is 0. The van der Waals surface area contributed by atoms with E-state index in [0.717, 1.165) is 21.6 Å². The third-order valence-corrected chi connectivity index (χ3v) is 8.27. The van der Waals surface area contributed by atoms with Crippen LogP contribution in [0.1, 0.15) is 16.7 Å². The summed E-state index contributed by atoms with van der Waals surface area (Å²) < 4.78 is 36.8. The van der Waals surface area contributed by atoms with Crippen molar-refractivity contribution >= 4 is 17.9 Å². The molecular weight excluding hydrogens is 606 g/mol. The SMILES string of the molecule is [N-]=[N+]=NCOC(=O)OCC1O[C@H](Sc2ccccc2)C(OCc2ccccc2)C(OCc2ccccc2)[C@@H]1OCc1ccccc1. The summed E-state index contributed by atoms with van der Waals surface area (Å²) in [6.07, 6.45) is -3.66. The van der Waals surface area contributed by atoms with Crippen LogP contribution in [-0.2, 0) is 48.2 Å². The molecule has 0 amide bonds. The van der Waals surface area contributed by atoms with Crippen LogP contribution in [0.2, 0.25) is 0 Å². The van der Waals surface area contributed by atoms with Crippen molar-refractivity contribution in [2.45, 2.75) is 54.6 Å². The second kappa shape index (κ2) is 18.0. The highest BCUT2D eigenvalue weighted by atomic mass is 32.2. The van der Waals surface area contributed by atoms with Crippen molar-refractivity contribution in [3.63, 3.8) is 0 Å². The lowest BCUT2D eigenvalue weighted by atomic mass is 9.99. The van der Waals surface area contributed by atoms with E-state index in [2.05, 4.69) is 10.0 Å². The number of thioether (sulfide) groups is 1. The largest absolute Gasteiger partial charge is 0.508 e. The van der Waals surface area contributed by atoms with Crippen molar-refractivity contribution in [2.75, 3.05) is 13.3 Å². The van der Waals surface area contributed by atoms with Crippen LogP contribution >= 0.6 is 11.8 Å². The quantitative estimate of drug-likeness (QED) is 0.0561. The van der Waals surface area contributed by atoms with Gasteiger partial charge in [0.05, 0.1) is 19.8 Å². The lowest BCUT2D eigenvalue weighted by Gasteiger charge is -2.45. The predicted molar refractivity (Wildman–Crippen MR) is 172 cm³/mol. The standard InChI is InChI=1S/C35H35N3O7S/c36-38-37-25-44-35(39)43-24-30-31(40-21-26-13-5-1-6-14-26)32(41-22-27-15-7-2-8-16-27)33(42-23-28-17-9-3-10-18-28)34(45-30)46-29-19-11-4-12-20-29/h1-20,30-34H,21-25H2/t30?,31-,32?,33?,34-/m1/s1. The molecule has 0 radical (unpaired) electrons. The van der Waals surface area contributed by atoms with Gasteiger partial charge < -0.3 is 28.4 Å². The van der Waals surface area contributed by atoms with Gasteiger partial charge in [-0.1, -0.05) is 126 Å². The zero-order valence-electron chi connectivity index (χ0n) is 25.1. The van der Waals surface area contributed by atoms with Gasteiger partial charge in [0.1, 0.15) is 36.5 Å². The Kier molecular flexibility index (Phi) is 12.9. The van der Waals surface area contributed by atoms with Gasteiger partial charge in [-0.2, -0.15) is 0 Å². The molecule has 1 aliphatic heterocycles. The molecule has 1 aliphatic rings. The molecule has 10 nitrogen and oxygen atoms in total. The van der Waals surface area contributed by atoms with Crippen LogP contribution in [0.25, 0.3) is 10.4 Å². The van der Waals surface area contributed by atoms with Gasteiger partial charge in [-0.3, -0.25) is 0 Å². The fraction of sp³-hybridized carbons (Fsp3) is 0.286. The highest BCUT2D eigenvalue weighted by Gasteiger charge is 2.49. The highest BCUT2D eigenvalue weighted by molar-refractivity contribution is 7.99. The molecule has 0 spiro atoms. The number of carbonyl (C=O) groups excluding carboxylic acids is 1. The Morgan fingerprint density at radius 3 is 1.67 bits per heavy atom. The summed E-state index contributed by atoms with van der Waals surface area (Å²) in [7, 11) is 0. The van der Waals surface area contributed by atoms with Gasteiger partial charge >= 0.3 is 6.16 Å². The van der Waals surface area contributed by atoms with Crippen molar-refractivity contribution in [1.29, 1.82) is 0 Å². The minimum atomic E-state index is -0.991. The molecule has 0 aromatic heterocycles. The molecule has 1 saturated heterocycles. The Morgan fingerprint density at radius 1 is 0.674 bits per heavy atom. The molecule has 4 aromatic rings. The van der Waals surface area contributed by atoms with E-state index in [4.69, 9.17) is 34.0 Å². The molecule has 238 valence electrons. The average Bonchev–Trinajstić information content (AvgIpc) is 3.10. The van der Waals surface area contributed by atoms with E-state index in [9.17, 15) is 4.79 Å². The molecule has 0 bridgehead atoms. The second-order valence-corrected chi connectivity index (χ2v) is 11.5. The fourth-order valence-corrected chi connectivity index (χ4v) is 6.06. The molecular formula is C35H35N3O7S. The zero-order valence-corrected chi connectivity index (χ0v) is 25.9. The fourth-order valence-electron chi connectivity index (χ4n) is 4.91. The molecule has 5 atom stereocenters. The van der Waals surface area contributed by atoms with E-state index in [1.807, 2.05) is 121 Å². The first kappa shape index (κ1) is 33.0. The Hall–Kier alpha value is -4.35. The van der Waals surface area contributed by atoms with Crippen LogP contribution in [0.3, 0.4) is 0 Å². The Bertz CT molecular complexity index is 1510. The van der Waals surface area contributed by atoms with E-state index >= 15 is 0 Å². The van der Waals surface area contributed by atoms with E-state index in [1.54, 1.807) is 0 Å². The Labute approximate surface area is 272 Å². The molecule has 0 aliphatic carbocycles. The number of rotatable bonds is 15. The third-order valence-electron chi connectivity index (χ3n) is 7.11. The summed E-state index contributed by atoms with van der Waals surface area (Å²) in [5.74, 6) is 0. The lowest BCUT2D eigenvalue weighted by molar-refractivity contribution is -0.252. The number of nitrogens with zero attached hydrogens (tertiary/aromatic N) is 3. The molecule has 11 heteroatoms. The number of hydrogen-bond acceptors (Lipinski definition) is 9. The van der Waals surface area contributed by atoms with Crippen LogP contribution < -0.4 is 0 Å². The summed E-state index contributed by atoms with van der Waals surface area (Å²) >= 11 is 1.49. The summed E-state index contributed by atoms with van der Waals surface area (Å²) in [6.45, 7) is 0.201. The summed E-state index contributed by atoms with van der Waals surface area (Å²) in [5.41, 5.74) is 10.9. The van der Waals surface area contributed by atoms with E-state index < -0.39 is 42.7 Å². The van der Waals surface area contributed by atoms with Crippen LogP contribution in [0.4, 0.5) is 4.79 Å². The van der Waals surface area contributed by atoms with Gasteiger partial charge in [-0.05, 0) is 34.4 Å². The van der Waals surface area contributed by atoms with Crippen molar-refractivity contribution in [3.8, 4) is 0 Å². The predicted octanol–water partition coefficient (Wildman–Crippen LogP) is 7.68. The topological polar surface area (TPSA) is 121 Å². The Balaban J connectivity index is 1.46. The maximum absolute atomic E-state index is 12.3. The third kappa shape index (κ3) is 10.1. The van der Waals surface area contributed by atoms with Gasteiger partial charge in [0, 0.05) is 9.81 Å². The van der Waals surface area contributed by atoms with Crippen LogP contribution in [0.5, 0.6) is 0 Å². The molecule has 3 unspecified atom stereocenters. The summed E-state index contributed by atoms with van der Waals surface area (Å²) in [6, 6.07) is 39.4. The monoisotopic (exact) mass is 641 g/mol. The summed E-state index contributed by atoms with van der Waals surface area (Å²) in [5, 5.41) is 3.23. The smallest absolute Gasteiger partial charge is 0.431 e. The minimum absolute atomic E-state index is 0.197. The molecule has 0 saturated carbocycles. The lowest BCUT2D eigenvalue weighted by Crippen LogP contribution is -2.60. The van der Waals surface area contributed by atoms with Gasteiger partial charge in [0.15, 0.2) is 6.73 Å². The van der Waals surface area contributed by atoms with E-state index in [0.29, 0.717) is 13.2 Å². The minimum Gasteiger partial charge on any atom is -0.431 e. The first-order valence-electron chi connectivity index (χ1n) is 14.8. The maximum atomic E-state index is 12.3. The van der Waals surface area contributed by atoms with Gasteiger partial charge in [0.2, 0.25) is 0 Å². The Morgan fingerprint density at radius 2 is 1.15 bits per heavy atom.